The van der Waals surface area contributed by atoms with Crippen LogP contribution in [-0.2, 0) is 11.2 Å². The Kier molecular flexibility index (Phi) is 5.67. The molecule has 1 aliphatic rings. The lowest BCUT2D eigenvalue weighted by Gasteiger charge is -2.25. The molecule has 4 heteroatoms. The summed E-state index contributed by atoms with van der Waals surface area (Å²) in [6.07, 6.45) is 5.89. The number of aryl methyl sites for hydroxylation is 1. The van der Waals surface area contributed by atoms with Gasteiger partial charge in [-0.3, -0.25) is 4.79 Å². The Bertz CT molecular complexity index is 428. The number of anilines is 1. The van der Waals surface area contributed by atoms with Gasteiger partial charge in [0.05, 0.1) is 0 Å². The molecule has 19 heavy (non-hydrogen) atoms. The first-order chi connectivity index (χ1) is 8.59. The van der Waals surface area contributed by atoms with E-state index < -0.39 is 0 Å². The van der Waals surface area contributed by atoms with E-state index in [0.29, 0.717) is 12.8 Å². The van der Waals surface area contributed by atoms with Gasteiger partial charge in [0.2, 0.25) is 5.91 Å². The third kappa shape index (κ3) is 4.43. The topological polar surface area (TPSA) is 55.1 Å². The Morgan fingerprint density at radius 3 is 2.58 bits per heavy atom. The average Bonchev–Trinajstić information content (AvgIpc) is 2.74. The molecule has 0 unspecified atom stereocenters. The molecule has 0 aromatic heterocycles. The van der Waals surface area contributed by atoms with Crippen molar-refractivity contribution < 1.29 is 4.79 Å². The Labute approximate surface area is 121 Å². The van der Waals surface area contributed by atoms with Crippen LogP contribution in [0.5, 0.6) is 0 Å². The standard InChI is InChI=1S/C15H22N2O.ClH/c1-15(10-4-5-11-15)17-14(18)9-8-12-6-2-3-7-13(12)16;/h2-3,6-7H,4-5,8-11,16H2,1H3,(H,17,18);1H. The summed E-state index contributed by atoms with van der Waals surface area (Å²) in [5, 5.41) is 3.17. The third-order valence-corrected chi connectivity index (χ3v) is 3.82. The summed E-state index contributed by atoms with van der Waals surface area (Å²) in [5.41, 5.74) is 7.73. The maximum absolute atomic E-state index is 11.9. The molecule has 1 amide bonds. The number of amides is 1. The quantitative estimate of drug-likeness (QED) is 0.834. The lowest BCUT2D eigenvalue weighted by atomic mass is 10.00. The number of nitrogens with one attached hydrogen (secondary N) is 1. The fraction of sp³-hybridized carbons (Fsp3) is 0.533. The number of benzene rings is 1. The van der Waals surface area contributed by atoms with Crippen molar-refractivity contribution >= 4 is 24.0 Å². The van der Waals surface area contributed by atoms with Crippen LogP contribution in [0.1, 0.15) is 44.6 Å². The van der Waals surface area contributed by atoms with E-state index in [9.17, 15) is 4.79 Å². The Morgan fingerprint density at radius 1 is 1.32 bits per heavy atom. The van der Waals surface area contributed by atoms with Crippen LogP contribution in [0, 0.1) is 0 Å². The maximum Gasteiger partial charge on any atom is 0.220 e. The van der Waals surface area contributed by atoms with Gasteiger partial charge in [-0.1, -0.05) is 31.0 Å². The molecule has 3 N–H and O–H groups in total. The monoisotopic (exact) mass is 282 g/mol. The number of hydrogen-bond acceptors (Lipinski definition) is 2. The number of para-hydroxylation sites is 1. The maximum atomic E-state index is 11.9. The van der Waals surface area contributed by atoms with Crippen molar-refractivity contribution in [2.24, 2.45) is 0 Å². The predicted molar refractivity (Wildman–Crippen MR) is 81.4 cm³/mol. The van der Waals surface area contributed by atoms with Crippen molar-refractivity contribution in [3.05, 3.63) is 29.8 Å². The summed E-state index contributed by atoms with van der Waals surface area (Å²) in [6, 6.07) is 7.74. The molecule has 1 aromatic carbocycles. The fourth-order valence-electron chi connectivity index (χ4n) is 2.69. The number of carbonyl (C=O) groups is 1. The van der Waals surface area contributed by atoms with Gasteiger partial charge in [-0.2, -0.15) is 0 Å². The van der Waals surface area contributed by atoms with Crippen LogP contribution < -0.4 is 11.1 Å². The molecule has 0 aliphatic heterocycles. The number of rotatable bonds is 4. The zero-order valence-corrected chi connectivity index (χ0v) is 12.3. The molecule has 0 spiro atoms. The van der Waals surface area contributed by atoms with Gasteiger partial charge >= 0.3 is 0 Å². The van der Waals surface area contributed by atoms with E-state index in [0.717, 1.165) is 24.1 Å². The van der Waals surface area contributed by atoms with Gasteiger partial charge in [-0.25, -0.2) is 0 Å². The van der Waals surface area contributed by atoms with E-state index in [2.05, 4.69) is 12.2 Å². The summed E-state index contributed by atoms with van der Waals surface area (Å²) in [7, 11) is 0. The van der Waals surface area contributed by atoms with Crippen LogP contribution in [0.2, 0.25) is 0 Å². The summed E-state index contributed by atoms with van der Waals surface area (Å²) in [6.45, 7) is 2.15. The fourth-order valence-corrected chi connectivity index (χ4v) is 2.69. The van der Waals surface area contributed by atoms with Crippen LogP contribution >= 0.6 is 12.4 Å². The lowest BCUT2D eigenvalue weighted by molar-refractivity contribution is -0.122. The number of hydrogen-bond donors (Lipinski definition) is 2. The van der Waals surface area contributed by atoms with Gasteiger partial charge in [0.15, 0.2) is 0 Å². The predicted octanol–water partition coefficient (Wildman–Crippen LogP) is 3.07. The number of halogens is 1. The second kappa shape index (κ2) is 6.80. The molecule has 1 aromatic rings. The van der Waals surface area contributed by atoms with Gasteiger partial charge in [0.25, 0.3) is 0 Å². The molecule has 0 heterocycles. The molecule has 0 saturated heterocycles. The van der Waals surface area contributed by atoms with E-state index >= 15 is 0 Å². The number of carbonyl (C=O) groups excluding carboxylic acids is 1. The first-order valence-corrected chi connectivity index (χ1v) is 6.73. The van der Waals surface area contributed by atoms with Crippen molar-refractivity contribution in [3.8, 4) is 0 Å². The summed E-state index contributed by atoms with van der Waals surface area (Å²) in [4.78, 5) is 11.9. The zero-order chi connectivity index (χ0) is 13.0. The minimum atomic E-state index is 0. The van der Waals surface area contributed by atoms with Gasteiger partial charge in [0.1, 0.15) is 0 Å². The van der Waals surface area contributed by atoms with E-state index in [-0.39, 0.29) is 23.9 Å². The number of nitrogens with two attached hydrogens (primary N) is 1. The van der Waals surface area contributed by atoms with Crippen molar-refractivity contribution in [2.45, 2.75) is 51.0 Å². The molecule has 2 rings (SSSR count). The molecule has 1 saturated carbocycles. The van der Waals surface area contributed by atoms with Crippen LogP contribution in [0.25, 0.3) is 0 Å². The van der Waals surface area contributed by atoms with Crippen molar-refractivity contribution in [1.29, 1.82) is 0 Å². The van der Waals surface area contributed by atoms with Gasteiger partial charge < -0.3 is 11.1 Å². The molecular weight excluding hydrogens is 260 g/mol. The zero-order valence-electron chi connectivity index (χ0n) is 11.4. The average molecular weight is 283 g/mol. The van der Waals surface area contributed by atoms with Crippen LogP contribution in [0.3, 0.4) is 0 Å². The lowest BCUT2D eigenvalue weighted by Crippen LogP contribution is -2.43. The molecule has 1 fully saturated rings. The molecule has 3 nitrogen and oxygen atoms in total. The highest BCUT2D eigenvalue weighted by molar-refractivity contribution is 5.85. The highest BCUT2D eigenvalue weighted by Crippen LogP contribution is 2.28. The second-order valence-corrected chi connectivity index (χ2v) is 5.51. The van der Waals surface area contributed by atoms with Crippen LogP contribution in [0.15, 0.2) is 24.3 Å². The van der Waals surface area contributed by atoms with Crippen molar-refractivity contribution in [3.63, 3.8) is 0 Å². The highest BCUT2D eigenvalue weighted by Gasteiger charge is 2.29. The van der Waals surface area contributed by atoms with E-state index in [1.807, 2.05) is 24.3 Å². The van der Waals surface area contributed by atoms with Crippen LogP contribution in [0.4, 0.5) is 5.69 Å². The molecule has 106 valence electrons. The minimum absolute atomic E-state index is 0. The molecule has 0 radical (unpaired) electrons. The summed E-state index contributed by atoms with van der Waals surface area (Å²) in [5.74, 6) is 0.141. The summed E-state index contributed by atoms with van der Waals surface area (Å²) >= 11 is 0. The Hall–Kier alpha value is -1.22. The first kappa shape index (κ1) is 15.8. The molecule has 0 atom stereocenters. The minimum Gasteiger partial charge on any atom is -0.399 e. The smallest absolute Gasteiger partial charge is 0.220 e. The number of nitrogen functional groups attached to an aromatic ring is 1. The van der Waals surface area contributed by atoms with Gasteiger partial charge in [-0.15, -0.1) is 12.4 Å². The molecule has 0 bridgehead atoms. The van der Waals surface area contributed by atoms with Crippen molar-refractivity contribution in [1.82, 2.24) is 5.32 Å². The van der Waals surface area contributed by atoms with E-state index in [1.54, 1.807) is 0 Å². The molecule has 1 aliphatic carbocycles. The van der Waals surface area contributed by atoms with Gasteiger partial charge in [0, 0.05) is 17.6 Å². The van der Waals surface area contributed by atoms with E-state index in [1.165, 1.54) is 12.8 Å². The largest absolute Gasteiger partial charge is 0.399 e. The SMILES string of the molecule is CC1(NC(=O)CCc2ccccc2N)CCCC1.Cl. The second-order valence-electron chi connectivity index (χ2n) is 5.51. The van der Waals surface area contributed by atoms with Gasteiger partial charge in [-0.05, 0) is 37.8 Å². The third-order valence-electron chi connectivity index (χ3n) is 3.82. The van der Waals surface area contributed by atoms with E-state index in [4.69, 9.17) is 5.73 Å². The Balaban J connectivity index is 0.00000180. The Morgan fingerprint density at radius 2 is 1.95 bits per heavy atom. The summed E-state index contributed by atoms with van der Waals surface area (Å²) < 4.78 is 0. The first-order valence-electron chi connectivity index (χ1n) is 6.73. The molecular formula is C15H23ClN2O. The highest BCUT2D eigenvalue weighted by atomic mass is 35.5. The normalized spacial score (nSPS) is 16.7. The van der Waals surface area contributed by atoms with Crippen LogP contribution in [-0.4, -0.2) is 11.4 Å². The van der Waals surface area contributed by atoms with Crippen molar-refractivity contribution in [2.75, 3.05) is 5.73 Å².